The number of rotatable bonds is 1. The molecule has 1 aromatic carbocycles. The summed E-state index contributed by atoms with van der Waals surface area (Å²) in [7, 11) is 0. The molecule has 4 nitrogen and oxygen atoms in total. The van der Waals surface area contributed by atoms with Crippen LogP contribution in [0.15, 0.2) is 36.9 Å². The Morgan fingerprint density at radius 3 is 2.17 bits per heavy atom. The Kier molecular flexibility index (Phi) is 1.51. The molecule has 0 saturated carbocycles. The third-order valence-corrected chi connectivity index (χ3v) is 1.61. The molecular weight excluding hydrogens is 152 g/mol. The van der Waals surface area contributed by atoms with Crippen molar-refractivity contribution in [1.82, 2.24) is 14.8 Å². The Labute approximate surface area is 69.7 Å². The molecule has 12 heavy (non-hydrogen) atoms. The maximum Gasteiger partial charge on any atom is 0.123 e. The quantitative estimate of drug-likeness (QED) is 0.629. The lowest BCUT2D eigenvalue weighted by atomic mass is 10.3. The fraction of sp³-hybridized carbons (Fsp3) is 0. The molecule has 60 valence electrons. The molecule has 0 atom stereocenters. The van der Waals surface area contributed by atoms with Crippen molar-refractivity contribution in [3.63, 3.8) is 0 Å². The summed E-state index contributed by atoms with van der Waals surface area (Å²) in [6.07, 6.45) is 3.29. The summed E-state index contributed by atoms with van der Waals surface area (Å²) < 4.78 is 1.82. The monoisotopic (exact) mass is 160 g/mol. The summed E-state index contributed by atoms with van der Waals surface area (Å²) in [4.78, 5) is 0. The molecule has 2 rings (SSSR count). The Morgan fingerprint density at radius 2 is 1.58 bits per heavy atom. The van der Waals surface area contributed by atoms with Gasteiger partial charge in [0.2, 0.25) is 0 Å². The zero-order valence-corrected chi connectivity index (χ0v) is 6.38. The number of nitrogen functional groups attached to an aromatic ring is 1. The lowest BCUT2D eigenvalue weighted by molar-refractivity contribution is 1.06. The van der Waals surface area contributed by atoms with Crippen LogP contribution in [0.3, 0.4) is 0 Å². The SMILES string of the molecule is Nc1ccc(-n2cnnc2)cc1. The summed E-state index contributed by atoms with van der Waals surface area (Å²) in [6.45, 7) is 0. The Morgan fingerprint density at radius 1 is 1.00 bits per heavy atom. The second kappa shape index (κ2) is 2.65. The molecular formula is C8H8N4. The van der Waals surface area contributed by atoms with Crippen LogP contribution in [0.25, 0.3) is 5.69 Å². The number of hydrogen-bond donors (Lipinski definition) is 1. The number of hydrogen-bond acceptors (Lipinski definition) is 3. The number of nitrogens with two attached hydrogens (primary N) is 1. The zero-order valence-electron chi connectivity index (χ0n) is 6.38. The highest BCUT2D eigenvalue weighted by atomic mass is 15.2. The van der Waals surface area contributed by atoms with Gasteiger partial charge in [-0.3, -0.25) is 4.57 Å². The van der Waals surface area contributed by atoms with Gasteiger partial charge in [0.1, 0.15) is 12.7 Å². The standard InChI is InChI=1S/C8H8N4/c9-7-1-3-8(4-2-7)12-5-10-11-6-12/h1-6H,9H2. The minimum Gasteiger partial charge on any atom is -0.399 e. The number of nitrogens with zero attached hydrogens (tertiary/aromatic N) is 3. The largest absolute Gasteiger partial charge is 0.399 e. The predicted octanol–water partition coefficient (Wildman–Crippen LogP) is 0.849. The number of anilines is 1. The Bertz CT molecular complexity index is 349. The molecule has 0 radical (unpaired) electrons. The Balaban J connectivity index is 2.43. The third kappa shape index (κ3) is 1.14. The van der Waals surface area contributed by atoms with Gasteiger partial charge in [0.25, 0.3) is 0 Å². The van der Waals surface area contributed by atoms with Crippen LogP contribution in [0.1, 0.15) is 0 Å². The lowest BCUT2D eigenvalue weighted by Gasteiger charge is -1.99. The molecule has 0 spiro atoms. The van der Waals surface area contributed by atoms with Crippen molar-refractivity contribution in [1.29, 1.82) is 0 Å². The first kappa shape index (κ1) is 6.84. The molecule has 1 aromatic heterocycles. The van der Waals surface area contributed by atoms with Gasteiger partial charge >= 0.3 is 0 Å². The molecule has 0 unspecified atom stereocenters. The van der Waals surface area contributed by atoms with E-state index >= 15 is 0 Å². The van der Waals surface area contributed by atoms with E-state index in [1.165, 1.54) is 0 Å². The molecule has 0 bridgehead atoms. The molecule has 0 aliphatic heterocycles. The van der Waals surface area contributed by atoms with Gasteiger partial charge in [-0.15, -0.1) is 10.2 Å². The van der Waals surface area contributed by atoms with Gasteiger partial charge in [0, 0.05) is 11.4 Å². The van der Waals surface area contributed by atoms with E-state index in [2.05, 4.69) is 10.2 Å². The van der Waals surface area contributed by atoms with E-state index in [-0.39, 0.29) is 0 Å². The van der Waals surface area contributed by atoms with Crippen molar-refractivity contribution in [2.45, 2.75) is 0 Å². The number of aromatic nitrogens is 3. The molecule has 1 heterocycles. The molecule has 2 N–H and O–H groups in total. The molecule has 0 aliphatic carbocycles. The second-order valence-electron chi connectivity index (χ2n) is 2.46. The summed E-state index contributed by atoms with van der Waals surface area (Å²) in [5, 5.41) is 7.41. The first-order valence-corrected chi connectivity index (χ1v) is 3.57. The highest BCUT2D eigenvalue weighted by molar-refractivity contribution is 5.44. The molecule has 0 fully saturated rings. The molecule has 0 aliphatic rings. The van der Waals surface area contributed by atoms with Gasteiger partial charge in [-0.2, -0.15) is 0 Å². The lowest BCUT2D eigenvalue weighted by Crippen LogP contribution is -1.90. The van der Waals surface area contributed by atoms with E-state index in [4.69, 9.17) is 5.73 Å². The molecule has 2 aromatic rings. The summed E-state index contributed by atoms with van der Waals surface area (Å²) in [6, 6.07) is 7.52. The summed E-state index contributed by atoms with van der Waals surface area (Å²) in [5.41, 5.74) is 7.30. The minimum absolute atomic E-state index is 0.756. The Hall–Kier alpha value is -1.84. The average Bonchev–Trinajstić information content (AvgIpc) is 2.58. The van der Waals surface area contributed by atoms with Crippen LogP contribution >= 0.6 is 0 Å². The van der Waals surface area contributed by atoms with Gasteiger partial charge in [0.15, 0.2) is 0 Å². The van der Waals surface area contributed by atoms with Crippen LogP contribution in [-0.4, -0.2) is 14.8 Å². The van der Waals surface area contributed by atoms with Crippen molar-refractivity contribution in [2.75, 3.05) is 5.73 Å². The predicted molar refractivity (Wildman–Crippen MR) is 45.8 cm³/mol. The van der Waals surface area contributed by atoms with Crippen LogP contribution in [0.5, 0.6) is 0 Å². The van der Waals surface area contributed by atoms with Crippen molar-refractivity contribution >= 4 is 5.69 Å². The first-order valence-electron chi connectivity index (χ1n) is 3.57. The van der Waals surface area contributed by atoms with E-state index in [0.717, 1.165) is 11.4 Å². The van der Waals surface area contributed by atoms with Crippen LogP contribution < -0.4 is 5.73 Å². The molecule has 0 amide bonds. The summed E-state index contributed by atoms with van der Waals surface area (Å²) >= 11 is 0. The van der Waals surface area contributed by atoms with Crippen molar-refractivity contribution < 1.29 is 0 Å². The first-order chi connectivity index (χ1) is 5.86. The highest BCUT2D eigenvalue weighted by Gasteiger charge is 1.93. The van der Waals surface area contributed by atoms with Gasteiger partial charge in [-0.1, -0.05) is 0 Å². The maximum atomic E-state index is 5.54. The fourth-order valence-corrected chi connectivity index (χ4v) is 0.980. The fourth-order valence-electron chi connectivity index (χ4n) is 0.980. The van der Waals surface area contributed by atoms with E-state index in [9.17, 15) is 0 Å². The average molecular weight is 160 g/mol. The normalized spacial score (nSPS) is 10.0. The van der Waals surface area contributed by atoms with Gasteiger partial charge < -0.3 is 5.73 Å². The topological polar surface area (TPSA) is 56.7 Å². The van der Waals surface area contributed by atoms with Crippen molar-refractivity contribution in [3.8, 4) is 5.69 Å². The van der Waals surface area contributed by atoms with Crippen molar-refractivity contribution in [3.05, 3.63) is 36.9 Å². The van der Waals surface area contributed by atoms with E-state index in [1.54, 1.807) is 12.7 Å². The highest BCUT2D eigenvalue weighted by Crippen LogP contribution is 2.08. The maximum absolute atomic E-state index is 5.54. The van der Waals surface area contributed by atoms with E-state index < -0.39 is 0 Å². The van der Waals surface area contributed by atoms with Crippen LogP contribution in [-0.2, 0) is 0 Å². The summed E-state index contributed by atoms with van der Waals surface area (Å²) in [5.74, 6) is 0. The van der Waals surface area contributed by atoms with Gasteiger partial charge in [0.05, 0.1) is 0 Å². The second-order valence-corrected chi connectivity index (χ2v) is 2.46. The smallest absolute Gasteiger partial charge is 0.123 e. The third-order valence-electron chi connectivity index (χ3n) is 1.61. The molecule has 4 heteroatoms. The minimum atomic E-state index is 0.756. The zero-order chi connectivity index (χ0) is 8.39. The van der Waals surface area contributed by atoms with Crippen LogP contribution in [0.4, 0.5) is 5.69 Å². The van der Waals surface area contributed by atoms with Crippen LogP contribution in [0, 0.1) is 0 Å². The van der Waals surface area contributed by atoms with Gasteiger partial charge in [-0.25, -0.2) is 0 Å². The van der Waals surface area contributed by atoms with Crippen molar-refractivity contribution in [2.24, 2.45) is 0 Å². The van der Waals surface area contributed by atoms with E-state index in [1.807, 2.05) is 28.8 Å². The van der Waals surface area contributed by atoms with Crippen LogP contribution in [0.2, 0.25) is 0 Å². The molecule has 0 saturated heterocycles. The number of benzene rings is 1. The van der Waals surface area contributed by atoms with Gasteiger partial charge in [-0.05, 0) is 24.3 Å². The van der Waals surface area contributed by atoms with E-state index in [0.29, 0.717) is 0 Å².